The number of hydrogen-bond donors (Lipinski definition) is 3. The molecule has 7 rings (SSSR count). The van der Waals surface area contributed by atoms with Gasteiger partial charge in [-0.2, -0.15) is 18.2 Å². The summed E-state index contributed by atoms with van der Waals surface area (Å²) in [6, 6.07) is 19.0. The van der Waals surface area contributed by atoms with E-state index in [1.54, 1.807) is 18.4 Å². The number of nitrogens with one attached hydrogen (secondary N) is 2. The van der Waals surface area contributed by atoms with Crippen LogP contribution in [0.1, 0.15) is 11.1 Å². The van der Waals surface area contributed by atoms with Crippen molar-refractivity contribution in [2.24, 2.45) is 4.99 Å². The second-order valence-corrected chi connectivity index (χ2v) is 11.5. The molecule has 0 saturated carbocycles. The smallest absolute Gasteiger partial charge is 0.475 e. The maximum Gasteiger partial charge on any atom is 0.490 e. The lowest BCUT2D eigenvalue weighted by Crippen LogP contribution is -2.21. The highest BCUT2D eigenvalue weighted by Crippen LogP contribution is 2.39. The molecule has 2 aromatic carbocycles. The van der Waals surface area contributed by atoms with Crippen molar-refractivity contribution in [2.45, 2.75) is 26.6 Å². The van der Waals surface area contributed by atoms with E-state index in [1.165, 1.54) is 5.56 Å². The van der Waals surface area contributed by atoms with E-state index in [0.717, 1.165) is 79.8 Å². The van der Waals surface area contributed by atoms with Crippen LogP contribution in [-0.2, 0) is 11.3 Å². The summed E-state index contributed by atoms with van der Waals surface area (Å²) in [4.78, 5) is 23.2. The molecular formula is C32H27F3N8O2S. The quantitative estimate of drug-likeness (QED) is 0.194. The number of hydrogen-bond acceptors (Lipinski definition) is 9. The lowest BCUT2D eigenvalue weighted by molar-refractivity contribution is -0.192. The standard InChI is InChI=1S/C30H26N8S.C2HF3O2/c1-17-12-25(39-16-17)26-22-6-4-5-7-23(22)27(37-36-26)34-20-8-9-21(18(2)13-20)24-14-19-15-33-30(31-3)35-28(19)38-11-10-32-29(24)38;3-2(4,5)1(6)7/h4-9,12-16,32H,10-11H2,1-3H3,(H,34,37);(H,6,7). The van der Waals surface area contributed by atoms with Gasteiger partial charge in [0, 0.05) is 53.9 Å². The van der Waals surface area contributed by atoms with E-state index in [-0.39, 0.29) is 0 Å². The molecular weight excluding hydrogens is 617 g/mol. The Morgan fingerprint density at radius 3 is 2.50 bits per heavy atom. The summed E-state index contributed by atoms with van der Waals surface area (Å²) in [6.45, 7) is 5.95. The van der Waals surface area contributed by atoms with Gasteiger partial charge in [0.1, 0.15) is 17.3 Å². The van der Waals surface area contributed by atoms with E-state index in [0.29, 0.717) is 5.62 Å². The summed E-state index contributed by atoms with van der Waals surface area (Å²) in [5, 5.41) is 27.7. The van der Waals surface area contributed by atoms with Crippen LogP contribution >= 0.6 is 11.3 Å². The molecule has 4 aromatic rings. The van der Waals surface area contributed by atoms with E-state index in [2.05, 4.69) is 102 Å². The predicted molar refractivity (Wildman–Crippen MR) is 171 cm³/mol. The van der Waals surface area contributed by atoms with Crippen molar-refractivity contribution in [1.29, 1.82) is 0 Å². The number of anilines is 3. The van der Waals surface area contributed by atoms with Crippen LogP contribution in [0, 0.1) is 13.8 Å². The molecule has 5 heterocycles. The number of fused-ring (bicyclic) bond motifs is 4. The van der Waals surface area contributed by atoms with Crippen molar-refractivity contribution in [1.82, 2.24) is 24.7 Å². The van der Waals surface area contributed by atoms with Crippen LogP contribution in [0.3, 0.4) is 0 Å². The van der Waals surface area contributed by atoms with Gasteiger partial charge in [0.15, 0.2) is 5.82 Å². The third kappa shape index (κ3) is 5.98. The summed E-state index contributed by atoms with van der Waals surface area (Å²) in [5.41, 5.74) is 8.05. The number of carbonyl (C=O) groups is 1. The Morgan fingerprint density at radius 1 is 1.07 bits per heavy atom. The third-order valence-electron chi connectivity index (χ3n) is 7.36. The molecule has 0 atom stereocenters. The maximum atomic E-state index is 10.6. The van der Waals surface area contributed by atoms with Crippen molar-refractivity contribution < 1.29 is 23.1 Å². The van der Waals surface area contributed by atoms with Crippen molar-refractivity contribution >= 4 is 45.4 Å². The van der Waals surface area contributed by atoms with Crippen LogP contribution in [0.25, 0.3) is 43.9 Å². The molecule has 0 aliphatic carbocycles. The molecule has 3 N–H and O–H groups in total. The number of halogens is 3. The number of benzene rings is 2. The van der Waals surface area contributed by atoms with Crippen LogP contribution in [0.4, 0.5) is 30.5 Å². The monoisotopic (exact) mass is 644 g/mol. The zero-order chi connectivity index (χ0) is 32.6. The Labute approximate surface area is 264 Å². The maximum absolute atomic E-state index is 10.6. The van der Waals surface area contributed by atoms with E-state index in [1.807, 2.05) is 18.3 Å². The van der Waals surface area contributed by atoms with Crippen molar-refractivity contribution in [3.05, 3.63) is 82.9 Å². The summed E-state index contributed by atoms with van der Waals surface area (Å²) in [5.74, 6) is -0.0411. The van der Waals surface area contributed by atoms with Crippen LogP contribution in [0.5, 0.6) is 0 Å². The van der Waals surface area contributed by atoms with Crippen molar-refractivity contribution in [3.63, 3.8) is 0 Å². The number of aromatic nitrogens is 5. The first-order valence-corrected chi connectivity index (χ1v) is 15.0. The average Bonchev–Trinajstić information content (AvgIpc) is 3.70. The Kier molecular flexibility index (Phi) is 8.13. The minimum absolute atomic E-state index is 0.498. The van der Waals surface area contributed by atoms with Gasteiger partial charge < -0.3 is 20.3 Å². The van der Waals surface area contributed by atoms with Crippen LogP contribution in [0.2, 0.25) is 0 Å². The molecule has 0 spiro atoms. The number of thiophene rings is 1. The summed E-state index contributed by atoms with van der Waals surface area (Å²) in [7, 11) is 1.71. The number of nitrogens with zero attached hydrogens (tertiary/aromatic N) is 6. The number of rotatable bonds is 4. The number of pyridine rings is 1. The Balaban J connectivity index is 0.000000480. The van der Waals surface area contributed by atoms with Crippen LogP contribution < -0.4 is 16.3 Å². The third-order valence-corrected chi connectivity index (χ3v) is 8.42. The lowest BCUT2D eigenvalue weighted by Gasteiger charge is -2.18. The van der Waals surface area contributed by atoms with Crippen LogP contribution in [0.15, 0.2) is 71.2 Å². The fourth-order valence-corrected chi connectivity index (χ4v) is 6.19. The van der Waals surface area contributed by atoms with Gasteiger partial charge in [0.2, 0.25) is 5.62 Å². The Morgan fingerprint density at radius 2 is 1.83 bits per heavy atom. The predicted octanol–water partition coefficient (Wildman–Crippen LogP) is 6.67. The Hall–Kier alpha value is -5.37. The average molecular weight is 645 g/mol. The number of aryl methyl sites for hydroxylation is 2. The largest absolute Gasteiger partial charge is 0.490 e. The number of aliphatic carboxylic acids is 1. The second-order valence-electron chi connectivity index (χ2n) is 10.5. The molecule has 10 nitrogen and oxygen atoms in total. The molecule has 0 fully saturated rings. The zero-order valence-corrected chi connectivity index (χ0v) is 25.7. The molecule has 0 radical (unpaired) electrons. The second kappa shape index (κ2) is 12.2. The first kappa shape index (κ1) is 30.6. The summed E-state index contributed by atoms with van der Waals surface area (Å²) >= 11 is 1.70. The Bertz CT molecular complexity index is 2140. The lowest BCUT2D eigenvalue weighted by atomic mass is 9.98. The van der Waals surface area contributed by atoms with E-state index in [9.17, 15) is 13.2 Å². The van der Waals surface area contributed by atoms with Crippen LogP contribution in [-0.4, -0.2) is 55.6 Å². The normalized spacial score (nSPS) is 12.9. The first-order valence-electron chi connectivity index (χ1n) is 14.1. The molecule has 3 aliphatic rings. The van der Waals surface area contributed by atoms with Gasteiger partial charge in [0.25, 0.3) is 0 Å². The van der Waals surface area contributed by atoms with Gasteiger partial charge in [-0.3, -0.25) is 4.99 Å². The van der Waals surface area contributed by atoms with Gasteiger partial charge >= 0.3 is 12.1 Å². The fourth-order valence-electron chi connectivity index (χ4n) is 5.29. The molecule has 0 saturated heterocycles. The topological polar surface area (TPSA) is 130 Å². The SMILES string of the molecule is CN=c1ncc2cc(-c3ccc(Nc4nnc(-c5cc(C)cs5)c5ccccc45)cc3C)c3n(c-2n1)CCN3.O=C(O)C(F)(F)F. The van der Waals surface area contributed by atoms with Crippen molar-refractivity contribution in [3.8, 4) is 33.1 Å². The number of carboxylic acids is 1. The molecule has 3 aliphatic heterocycles. The number of alkyl halides is 3. The molecule has 14 heteroatoms. The fraction of sp³-hybridized carbons (Fsp3) is 0.188. The van der Waals surface area contributed by atoms with E-state index < -0.39 is 12.1 Å². The summed E-state index contributed by atoms with van der Waals surface area (Å²) < 4.78 is 34.0. The van der Waals surface area contributed by atoms with Gasteiger partial charge in [-0.25, -0.2) is 9.78 Å². The van der Waals surface area contributed by atoms with Gasteiger partial charge in [0.05, 0.1) is 4.88 Å². The highest BCUT2D eigenvalue weighted by molar-refractivity contribution is 7.13. The highest BCUT2D eigenvalue weighted by Gasteiger charge is 2.38. The minimum atomic E-state index is -5.08. The first-order chi connectivity index (χ1) is 22.0. The van der Waals surface area contributed by atoms with Gasteiger partial charge in [-0.15, -0.1) is 21.5 Å². The molecule has 0 unspecified atom stereocenters. The molecule has 234 valence electrons. The van der Waals surface area contributed by atoms with Gasteiger partial charge in [-0.1, -0.05) is 30.3 Å². The van der Waals surface area contributed by atoms with E-state index >= 15 is 0 Å². The number of carboxylic acid groups (broad SMARTS) is 1. The van der Waals surface area contributed by atoms with E-state index in [4.69, 9.17) is 9.90 Å². The minimum Gasteiger partial charge on any atom is -0.475 e. The molecule has 46 heavy (non-hydrogen) atoms. The highest BCUT2D eigenvalue weighted by atomic mass is 32.1. The zero-order valence-electron chi connectivity index (χ0n) is 24.8. The van der Waals surface area contributed by atoms with Crippen molar-refractivity contribution in [2.75, 3.05) is 24.2 Å². The molecule has 0 amide bonds. The molecule has 2 aromatic heterocycles. The van der Waals surface area contributed by atoms with Gasteiger partial charge in [-0.05, 0) is 60.2 Å². The molecule has 0 bridgehead atoms. The summed E-state index contributed by atoms with van der Waals surface area (Å²) in [6.07, 6.45) is -3.23.